The highest BCUT2D eigenvalue weighted by Crippen LogP contribution is 2.35. The van der Waals surface area contributed by atoms with Crippen LogP contribution in [0.1, 0.15) is 52.0 Å². The van der Waals surface area contributed by atoms with Gasteiger partial charge in [0.05, 0.1) is 6.61 Å². The van der Waals surface area contributed by atoms with Gasteiger partial charge in [0.1, 0.15) is 16.7 Å². The summed E-state index contributed by atoms with van der Waals surface area (Å²) in [5.74, 6) is 7.33. The topological polar surface area (TPSA) is 70.1 Å². The smallest absolute Gasteiger partial charge is 0.247 e. The first-order chi connectivity index (χ1) is 14.8. The maximum Gasteiger partial charge on any atom is 0.247 e. The fourth-order valence-corrected chi connectivity index (χ4v) is 5.76. The summed E-state index contributed by atoms with van der Waals surface area (Å²) in [5, 5.41) is 9.73. The van der Waals surface area contributed by atoms with Crippen molar-refractivity contribution in [2.24, 2.45) is 11.8 Å². The lowest BCUT2D eigenvalue weighted by Crippen LogP contribution is -2.49. The third-order valence-corrected chi connectivity index (χ3v) is 8.05. The molecule has 0 aromatic heterocycles. The predicted molar refractivity (Wildman–Crippen MR) is 122 cm³/mol. The monoisotopic (exact) mass is 448 g/mol. The van der Waals surface area contributed by atoms with Crippen LogP contribution in [0.15, 0.2) is 23.1 Å². The highest BCUT2D eigenvalue weighted by Gasteiger charge is 2.38. The summed E-state index contributed by atoms with van der Waals surface area (Å²) in [4.78, 5) is 2.44. The van der Waals surface area contributed by atoms with Gasteiger partial charge in [-0.15, -0.1) is 0 Å². The number of aliphatic hydroxyl groups is 1. The van der Waals surface area contributed by atoms with Crippen molar-refractivity contribution in [2.45, 2.75) is 63.5 Å². The molecule has 0 amide bonds. The number of likely N-dealkylation sites (N-methyl/N-ethyl adjacent to an activating group) is 1. The number of aliphatic hydroxyl groups excluding tert-OH is 1. The van der Waals surface area contributed by atoms with E-state index in [1.54, 1.807) is 25.1 Å². The third-order valence-electron chi connectivity index (χ3n) is 6.03. The van der Waals surface area contributed by atoms with Crippen LogP contribution >= 0.6 is 0 Å². The molecule has 0 unspecified atom stereocenters. The number of nitrogens with zero attached hydrogens (tertiary/aromatic N) is 2. The summed E-state index contributed by atoms with van der Waals surface area (Å²) in [6.07, 6.45) is 4.18. The van der Waals surface area contributed by atoms with E-state index in [9.17, 15) is 13.5 Å². The van der Waals surface area contributed by atoms with Gasteiger partial charge in [0.25, 0.3) is 0 Å². The molecule has 31 heavy (non-hydrogen) atoms. The van der Waals surface area contributed by atoms with Crippen LogP contribution in [0.25, 0.3) is 0 Å². The van der Waals surface area contributed by atoms with Crippen molar-refractivity contribution in [3.63, 3.8) is 0 Å². The highest BCUT2D eigenvalue weighted by molar-refractivity contribution is 7.89. The van der Waals surface area contributed by atoms with E-state index in [1.165, 1.54) is 17.1 Å². The minimum Gasteiger partial charge on any atom is -0.487 e. The van der Waals surface area contributed by atoms with E-state index < -0.39 is 16.1 Å². The summed E-state index contributed by atoms with van der Waals surface area (Å²) in [7, 11) is -1.70. The van der Waals surface area contributed by atoms with Gasteiger partial charge in [0.2, 0.25) is 10.0 Å². The number of fused-ring (bicyclic) bond motifs is 1. The quantitative estimate of drug-likeness (QED) is 0.650. The molecule has 0 bridgehead atoms. The maximum absolute atomic E-state index is 13.5. The van der Waals surface area contributed by atoms with E-state index in [2.05, 4.69) is 30.7 Å². The highest BCUT2D eigenvalue weighted by atomic mass is 32.2. The summed E-state index contributed by atoms with van der Waals surface area (Å²) in [6, 6.07) is 4.58. The Kier molecular flexibility index (Phi) is 8.03. The Morgan fingerprint density at radius 3 is 2.71 bits per heavy atom. The first-order valence-corrected chi connectivity index (χ1v) is 12.8. The Balaban J connectivity index is 1.98. The molecule has 2 aliphatic rings. The predicted octanol–water partition coefficient (Wildman–Crippen LogP) is 2.95. The molecule has 1 aromatic rings. The van der Waals surface area contributed by atoms with E-state index in [4.69, 9.17) is 4.74 Å². The SMILES string of the molecule is CCCC#Cc1ccc2c(c1)O[C@H](CN(C)CC1CC1)[C@H](C)CN([C@@H](C)CO)S2(=O)=O. The molecule has 172 valence electrons. The van der Waals surface area contributed by atoms with Crippen molar-refractivity contribution >= 4 is 10.0 Å². The molecule has 1 aliphatic carbocycles. The van der Waals surface area contributed by atoms with Gasteiger partial charge in [0, 0.05) is 43.6 Å². The number of rotatable bonds is 7. The Labute approximate surface area is 187 Å². The van der Waals surface area contributed by atoms with Crippen LogP contribution in [0.4, 0.5) is 0 Å². The van der Waals surface area contributed by atoms with Gasteiger partial charge < -0.3 is 14.7 Å². The molecule has 7 heteroatoms. The molecule has 3 atom stereocenters. The average molecular weight is 449 g/mol. The van der Waals surface area contributed by atoms with Gasteiger partial charge in [-0.25, -0.2) is 8.42 Å². The van der Waals surface area contributed by atoms with Crippen LogP contribution in [0.5, 0.6) is 5.75 Å². The summed E-state index contributed by atoms with van der Waals surface area (Å²) >= 11 is 0. The fourth-order valence-electron chi connectivity index (χ4n) is 3.93. The van der Waals surface area contributed by atoms with Crippen molar-refractivity contribution in [1.82, 2.24) is 9.21 Å². The average Bonchev–Trinajstić information content (AvgIpc) is 3.54. The van der Waals surface area contributed by atoms with Gasteiger partial charge in [-0.2, -0.15) is 4.31 Å². The minimum atomic E-state index is -3.80. The standard InChI is InChI=1S/C24H36N2O4S/c1-5-6-7-8-20-11-12-24-22(13-20)30-23(16-25(4)15-21-9-10-21)18(2)14-26(19(3)17-27)31(24,28)29/h11-13,18-19,21,23,27H,5-6,9-10,14-17H2,1-4H3/t18-,19+,23-/m1/s1. The Hall–Kier alpha value is -1.59. The molecule has 6 nitrogen and oxygen atoms in total. The molecule has 0 saturated heterocycles. The molecular weight excluding hydrogens is 412 g/mol. The summed E-state index contributed by atoms with van der Waals surface area (Å²) in [5.41, 5.74) is 0.752. The molecule has 1 saturated carbocycles. The lowest BCUT2D eigenvalue weighted by atomic mass is 10.0. The number of unbranched alkanes of at least 4 members (excludes halogenated alkanes) is 1. The second-order valence-corrected chi connectivity index (χ2v) is 11.0. The first kappa shape index (κ1) is 24.1. The molecule has 1 aliphatic heterocycles. The van der Waals surface area contributed by atoms with Gasteiger partial charge >= 0.3 is 0 Å². The molecule has 1 fully saturated rings. The van der Waals surface area contributed by atoms with E-state index in [0.717, 1.165) is 37.4 Å². The van der Waals surface area contributed by atoms with Crippen LogP contribution in [0.2, 0.25) is 0 Å². The first-order valence-electron chi connectivity index (χ1n) is 11.4. The largest absolute Gasteiger partial charge is 0.487 e. The van der Waals surface area contributed by atoms with Gasteiger partial charge in [0.15, 0.2) is 0 Å². The molecule has 0 spiro atoms. The van der Waals surface area contributed by atoms with Crippen LogP contribution in [0.3, 0.4) is 0 Å². The van der Waals surface area contributed by atoms with E-state index >= 15 is 0 Å². The fraction of sp³-hybridized carbons (Fsp3) is 0.667. The molecule has 0 radical (unpaired) electrons. The van der Waals surface area contributed by atoms with Gasteiger partial charge in [-0.1, -0.05) is 25.7 Å². The van der Waals surface area contributed by atoms with Crippen molar-refractivity contribution in [1.29, 1.82) is 0 Å². The van der Waals surface area contributed by atoms with Crippen LogP contribution in [-0.4, -0.2) is 68.2 Å². The van der Waals surface area contributed by atoms with Gasteiger partial charge in [-0.05, 0) is 57.4 Å². The van der Waals surface area contributed by atoms with Gasteiger partial charge in [-0.3, -0.25) is 0 Å². The normalized spacial score (nSPS) is 24.3. The zero-order valence-electron chi connectivity index (χ0n) is 19.2. The molecule has 1 heterocycles. The summed E-state index contributed by atoms with van der Waals surface area (Å²) < 4.78 is 34.7. The van der Waals surface area contributed by atoms with Crippen molar-refractivity contribution < 1.29 is 18.3 Å². The van der Waals surface area contributed by atoms with Crippen molar-refractivity contribution in [3.05, 3.63) is 23.8 Å². The Bertz CT molecular complexity index is 917. The second-order valence-electron chi connectivity index (χ2n) is 9.12. The minimum absolute atomic E-state index is 0.0339. The van der Waals surface area contributed by atoms with Crippen LogP contribution < -0.4 is 4.74 Å². The zero-order chi connectivity index (χ0) is 22.6. The van der Waals surface area contributed by atoms with Crippen molar-refractivity contribution in [2.75, 3.05) is 33.3 Å². The maximum atomic E-state index is 13.5. The zero-order valence-corrected chi connectivity index (χ0v) is 20.0. The van der Waals surface area contributed by atoms with E-state index in [-0.39, 0.29) is 23.5 Å². The third kappa shape index (κ3) is 6.01. The number of sulfonamides is 1. The molecule has 1 aromatic carbocycles. The summed E-state index contributed by atoms with van der Waals surface area (Å²) in [6.45, 7) is 7.69. The van der Waals surface area contributed by atoms with Crippen LogP contribution in [-0.2, 0) is 10.0 Å². The van der Waals surface area contributed by atoms with E-state index in [1.807, 2.05) is 6.92 Å². The number of ether oxygens (including phenoxy) is 1. The molecule has 3 rings (SSSR count). The van der Waals surface area contributed by atoms with Crippen molar-refractivity contribution in [3.8, 4) is 17.6 Å². The number of hydrogen-bond acceptors (Lipinski definition) is 5. The Morgan fingerprint density at radius 2 is 2.06 bits per heavy atom. The number of hydrogen-bond donors (Lipinski definition) is 1. The number of benzene rings is 1. The Morgan fingerprint density at radius 1 is 1.32 bits per heavy atom. The molecule has 1 N–H and O–H groups in total. The van der Waals surface area contributed by atoms with E-state index in [0.29, 0.717) is 12.3 Å². The lowest BCUT2D eigenvalue weighted by Gasteiger charge is -2.37. The lowest BCUT2D eigenvalue weighted by molar-refractivity contribution is 0.0740. The second kappa shape index (κ2) is 10.4. The van der Waals surface area contributed by atoms with Crippen LogP contribution in [0, 0.1) is 23.7 Å². The molecular formula is C24H36N2O4S.